The molecule has 0 bridgehead atoms. The van der Waals surface area contributed by atoms with Gasteiger partial charge in [-0.25, -0.2) is 4.39 Å². The van der Waals surface area contributed by atoms with Crippen LogP contribution < -0.4 is 5.32 Å². The first-order valence-corrected chi connectivity index (χ1v) is 9.46. The topological polar surface area (TPSA) is 31.4 Å². The van der Waals surface area contributed by atoms with Gasteiger partial charge in [0.2, 0.25) is 0 Å². The van der Waals surface area contributed by atoms with E-state index in [4.69, 9.17) is 12.2 Å². The number of pyridine rings is 1. The van der Waals surface area contributed by atoms with Crippen LogP contribution >= 0.6 is 12.2 Å². The lowest BCUT2D eigenvalue weighted by atomic mass is 10.1. The summed E-state index contributed by atoms with van der Waals surface area (Å²) in [6.07, 6.45) is 2.91. The Morgan fingerprint density at radius 1 is 1.15 bits per heavy atom. The van der Waals surface area contributed by atoms with E-state index in [1.165, 1.54) is 12.1 Å². The average molecular weight is 373 g/mol. The lowest BCUT2D eigenvalue weighted by Gasteiger charge is -2.27. The second-order valence-electron chi connectivity index (χ2n) is 6.66. The molecule has 2 aromatic rings. The Morgan fingerprint density at radius 3 is 2.69 bits per heavy atom. The predicted molar refractivity (Wildman–Crippen MR) is 106 cm³/mol. The second-order valence-corrected chi connectivity index (χ2v) is 7.05. The molecule has 1 aliphatic rings. The zero-order valence-corrected chi connectivity index (χ0v) is 15.9. The van der Waals surface area contributed by atoms with Crippen molar-refractivity contribution in [1.29, 1.82) is 0 Å². The summed E-state index contributed by atoms with van der Waals surface area (Å²) >= 11 is 5.61. The Bertz CT molecular complexity index is 708. The van der Waals surface area contributed by atoms with Crippen LogP contribution in [0.5, 0.6) is 0 Å². The summed E-state index contributed by atoms with van der Waals surface area (Å²) in [6, 6.07) is 12.7. The number of hydrogen-bond acceptors (Lipinski definition) is 3. The number of aromatic nitrogens is 1. The summed E-state index contributed by atoms with van der Waals surface area (Å²) in [4.78, 5) is 9.07. The Labute approximate surface area is 160 Å². The summed E-state index contributed by atoms with van der Waals surface area (Å²) in [5, 5.41) is 4.15. The van der Waals surface area contributed by atoms with E-state index in [9.17, 15) is 4.39 Å². The average Bonchev–Trinajstić information content (AvgIpc) is 2.89. The highest BCUT2D eigenvalue weighted by Crippen LogP contribution is 2.14. The fraction of sp³-hybridized carbons (Fsp3) is 0.400. The molecule has 1 aromatic heterocycles. The van der Waals surface area contributed by atoms with E-state index >= 15 is 0 Å². The number of benzene rings is 1. The van der Waals surface area contributed by atoms with Gasteiger partial charge in [0.25, 0.3) is 0 Å². The van der Waals surface area contributed by atoms with Gasteiger partial charge in [-0.3, -0.25) is 9.88 Å². The molecule has 0 radical (unpaired) electrons. The first-order valence-electron chi connectivity index (χ1n) is 9.05. The lowest BCUT2D eigenvalue weighted by molar-refractivity contribution is 0.274. The Balaban J connectivity index is 1.51. The normalized spacial score (nSPS) is 16.8. The third-order valence-electron chi connectivity index (χ3n) is 4.70. The van der Waals surface area contributed by atoms with Crippen molar-refractivity contribution < 1.29 is 4.39 Å². The molecular weight excluding hydrogens is 347 g/mol. The fourth-order valence-corrected chi connectivity index (χ4v) is 3.52. The van der Waals surface area contributed by atoms with Gasteiger partial charge in [0, 0.05) is 38.9 Å². The smallest absolute Gasteiger partial charge is 0.169 e. The van der Waals surface area contributed by atoms with Crippen LogP contribution in [-0.4, -0.2) is 46.1 Å². The highest BCUT2D eigenvalue weighted by Gasteiger charge is 2.18. The van der Waals surface area contributed by atoms with Gasteiger partial charge in [0.05, 0.1) is 11.7 Å². The van der Waals surface area contributed by atoms with Crippen molar-refractivity contribution in [3.63, 3.8) is 0 Å². The minimum Gasteiger partial charge on any atom is -0.356 e. The van der Waals surface area contributed by atoms with Gasteiger partial charge in [-0.05, 0) is 55.4 Å². The van der Waals surface area contributed by atoms with Crippen LogP contribution in [0.2, 0.25) is 0 Å². The molecule has 138 valence electrons. The third kappa shape index (κ3) is 5.22. The largest absolute Gasteiger partial charge is 0.356 e. The zero-order valence-electron chi connectivity index (χ0n) is 15.1. The minimum atomic E-state index is -0.218. The Morgan fingerprint density at radius 2 is 1.96 bits per heavy atom. The summed E-state index contributed by atoms with van der Waals surface area (Å²) in [5.41, 5.74) is 2.13. The summed E-state index contributed by atoms with van der Waals surface area (Å²) < 4.78 is 13.1. The molecule has 0 aliphatic carbocycles. The van der Waals surface area contributed by atoms with E-state index in [0.717, 1.165) is 55.5 Å². The highest BCUT2D eigenvalue weighted by molar-refractivity contribution is 7.80. The standard InChI is InChI=1S/C20H25FN4S/c1-16(17-6-8-18(21)9-7-17)23-20(26)25-12-4-11-24(13-14-25)15-19-5-2-3-10-22-19/h2-3,5-10,16H,4,11-15H2,1H3,(H,23,26). The molecule has 1 atom stereocenters. The van der Waals surface area contributed by atoms with Crippen LogP contribution in [0.1, 0.15) is 30.6 Å². The van der Waals surface area contributed by atoms with Crippen LogP contribution in [0, 0.1) is 5.82 Å². The summed E-state index contributed by atoms with van der Waals surface area (Å²) in [6.45, 7) is 6.77. The number of hydrogen-bond donors (Lipinski definition) is 1. The molecule has 4 nitrogen and oxygen atoms in total. The van der Waals surface area contributed by atoms with Crippen LogP contribution in [0.25, 0.3) is 0 Å². The lowest BCUT2D eigenvalue weighted by Crippen LogP contribution is -2.42. The SMILES string of the molecule is CC(NC(=S)N1CCCN(Cc2ccccn2)CC1)c1ccc(F)cc1. The summed E-state index contributed by atoms with van der Waals surface area (Å²) in [5.74, 6) is -0.218. The molecule has 1 fully saturated rings. The first-order chi connectivity index (χ1) is 12.6. The van der Waals surface area contributed by atoms with Crippen molar-refractivity contribution in [2.75, 3.05) is 26.2 Å². The van der Waals surface area contributed by atoms with Crippen molar-refractivity contribution >= 4 is 17.3 Å². The number of nitrogens with zero attached hydrogens (tertiary/aromatic N) is 3. The number of nitrogens with one attached hydrogen (secondary N) is 1. The van der Waals surface area contributed by atoms with Crippen LogP contribution in [0.4, 0.5) is 4.39 Å². The van der Waals surface area contributed by atoms with Crippen molar-refractivity contribution in [2.24, 2.45) is 0 Å². The van der Waals surface area contributed by atoms with E-state index in [2.05, 4.69) is 26.2 Å². The Kier molecular flexibility index (Phi) is 6.52. The monoisotopic (exact) mass is 372 g/mol. The molecule has 2 heterocycles. The van der Waals surface area contributed by atoms with E-state index in [-0.39, 0.29) is 11.9 Å². The predicted octanol–water partition coefficient (Wildman–Crippen LogP) is 3.36. The zero-order chi connectivity index (χ0) is 18.4. The number of rotatable bonds is 4. The van der Waals surface area contributed by atoms with Crippen molar-refractivity contribution in [1.82, 2.24) is 20.1 Å². The van der Waals surface area contributed by atoms with E-state index < -0.39 is 0 Å². The molecular formula is C20H25FN4S. The van der Waals surface area contributed by atoms with Crippen molar-refractivity contribution in [3.05, 3.63) is 65.7 Å². The third-order valence-corrected chi connectivity index (χ3v) is 5.07. The van der Waals surface area contributed by atoms with E-state index in [1.54, 1.807) is 12.1 Å². The minimum absolute atomic E-state index is 0.0518. The van der Waals surface area contributed by atoms with Gasteiger partial charge in [-0.1, -0.05) is 18.2 Å². The highest BCUT2D eigenvalue weighted by atomic mass is 32.1. The molecule has 6 heteroatoms. The van der Waals surface area contributed by atoms with Gasteiger partial charge in [-0.15, -0.1) is 0 Å². The maximum Gasteiger partial charge on any atom is 0.169 e. The van der Waals surface area contributed by atoms with Crippen LogP contribution in [-0.2, 0) is 6.54 Å². The molecule has 3 rings (SSSR count). The van der Waals surface area contributed by atoms with Crippen LogP contribution in [0.15, 0.2) is 48.7 Å². The van der Waals surface area contributed by atoms with Gasteiger partial charge >= 0.3 is 0 Å². The molecule has 1 saturated heterocycles. The molecule has 1 unspecified atom stereocenters. The van der Waals surface area contributed by atoms with Crippen molar-refractivity contribution in [2.45, 2.75) is 25.9 Å². The van der Waals surface area contributed by atoms with Gasteiger partial charge < -0.3 is 10.2 Å². The summed E-state index contributed by atoms with van der Waals surface area (Å²) in [7, 11) is 0. The van der Waals surface area contributed by atoms with Gasteiger partial charge in [0.15, 0.2) is 5.11 Å². The fourth-order valence-electron chi connectivity index (χ4n) is 3.16. The maximum atomic E-state index is 13.1. The van der Waals surface area contributed by atoms with Crippen molar-refractivity contribution in [3.8, 4) is 0 Å². The molecule has 0 saturated carbocycles. The second kappa shape index (κ2) is 9.05. The Hall–Kier alpha value is -2.05. The molecule has 1 aliphatic heterocycles. The first kappa shape index (κ1) is 18.7. The number of halogens is 1. The van der Waals surface area contributed by atoms with Crippen LogP contribution in [0.3, 0.4) is 0 Å². The van der Waals surface area contributed by atoms with Gasteiger partial charge in [-0.2, -0.15) is 0 Å². The van der Waals surface area contributed by atoms with E-state index in [0.29, 0.717) is 0 Å². The number of thiocarbonyl (C=S) groups is 1. The molecule has 0 spiro atoms. The molecule has 26 heavy (non-hydrogen) atoms. The quantitative estimate of drug-likeness (QED) is 0.832. The molecule has 1 N–H and O–H groups in total. The maximum absolute atomic E-state index is 13.1. The molecule has 1 aromatic carbocycles. The molecule has 0 amide bonds. The van der Waals surface area contributed by atoms with Gasteiger partial charge in [0.1, 0.15) is 5.82 Å². The van der Waals surface area contributed by atoms with E-state index in [1.807, 2.05) is 25.3 Å².